The van der Waals surface area contributed by atoms with Crippen LogP contribution in [0.4, 0.5) is 4.39 Å². The largest absolute Gasteiger partial charge is 0.508 e. The van der Waals surface area contributed by atoms with Crippen molar-refractivity contribution in [2.45, 2.75) is 16.3 Å². The Morgan fingerprint density at radius 1 is 1.00 bits per heavy atom. The lowest BCUT2D eigenvalue weighted by atomic mass is 10.1. The number of rotatable bonds is 4. The molecule has 6 nitrogen and oxygen atoms in total. The first-order valence-corrected chi connectivity index (χ1v) is 11.7. The third kappa shape index (κ3) is 3.86. The van der Waals surface area contributed by atoms with Gasteiger partial charge in [-0.05, 0) is 57.9 Å². The fourth-order valence-corrected chi connectivity index (χ4v) is 5.12. The first-order valence-electron chi connectivity index (χ1n) is 10.1. The Morgan fingerprint density at radius 3 is 2.47 bits per heavy atom. The quantitative estimate of drug-likeness (QED) is 0.288. The van der Waals surface area contributed by atoms with Crippen molar-refractivity contribution in [3.05, 3.63) is 103 Å². The van der Waals surface area contributed by atoms with Gasteiger partial charge < -0.3 is 19.2 Å². The van der Waals surface area contributed by atoms with E-state index >= 15 is 0 Å². The molecule has 0 aliphatic heterocycles. The third-order valence-corrected chi connectivity index (χ3v) is 7.43. The summed E-state index contributed by atoms with van der Waals surface area (Å²) in [5.41, 5.74) is -0.555. The summed E-state index contributed by atoms with van der Waals surface area (Å²) in [6.07, 6.45) is 0. The maximum absolute atomic E-state index is 13.6. The van der Waals surface area contributed by atoms with E-state index in [1.54, 1.807) is 30.3 Å². The van der Waals surface area contributed by atoms with Crippen LogP contribution in [0.25, 0.3) is 21.9 Å². The van der Waals surface area contributed by atoms with Crippen molar-refractivity contribution < 1.29 is 19.0 Å². The van der Waals surface area contributed by atoms with E-state index in [4.69, 9.17) is 4.42 Å². The Labute approximate surface area is 204 Å². The highest BCUT2D eigenvalue weighted by Crippen LogP contribution is 2.39. The minimum Gasteiger partial charge on any atom is -0.508 e. The van der Waals surface area contributed by atoms with Gasteiger partial charge in [0.1, 0.15) is 21.8 Å². The molecule has 0 spiro atoms. The van der Waals surface area contributed by atoms with E-state index in [1.807, 2.05) is 6.07 Å². The topological polar surface area (TPSA) is 92.7 Å². The summed E-state index contributed by atoms with van der Waals surface area (Å²) < 4.78 is 21.0. The molecule has 34 heavy (non-hydrogen) atoms. The van der Waals surface area contributed by atoms with Gasteiger partial charge in [0.15, 0.2) is 11.3 Å². The summed E-state index contributed by atoms with van der Waals surface area (Å²) in [7, 11) is 0. The van der Waals surface area contributed by atoms with Crippen molar-refractivity contribution in [3.63, 3.8) is 0 Å². The van der Waals surface area contributed by atoms with Crippen molar-refractivity contribution >= 4 is 49.6 Å². The molecule has 0 atom stereocenters. The van der Waals surface area contributed by atoms with Gasteiger partial charge in [-0.1, -0.05) is 36.0 Å². The zero-order valence-corrected chi connectivity index (χ0v) is 19.7. The Hall–Kier alpha value is -3.56. The molecule has 0 aliphatic rings. The number of fused-ring (bicyclic) bond motifs is 3. The molecule has 170 valence electrons. The normalized spacial score (nSPS) is 11.4. The summed E-state index contributed by atoms with van der Waals surface area (Å²) in [5.74, 6) is -0.989. The van der Waals surface area contributed by atoms with E-state index in [9.17, 15) is 24.2 Å². The van der Waals surface area contributed by atoms with Gasteiger partial charge in [0.05, 0.1) is 12.1 Å². The standard InChI is InChI=1S/C25H15BrFNO5S/c26-17-3-1-2-4-19(17)34-23-21(30)20-22(33-25(23)32)16-10-9-15(29)11-18(16)28(24(20)31)12-13-5-7-14(27)8-6-13/h1-11,29-30H,12H2. The van der Waals surface area contributed by atoms with E-state index in [0.717, 1.165) is 11.8 Å². The molecular weight excluding hydrogens is 525 g/mol. The second-order valence-corrected chi connectivity index (χ2v) is 9.43. The molecule has 0 saturated carbocycles. The average Bonchev–Trinajstić information content (AvgIpc) is 2.81. The molecule has 9 heteroatoms. The summed E-state index contributed by atoms with van der Waals surface area (Å²) in [6.45, 7) is 0.0419. The van der Waals surface area contributed by atoms with E-state index < -0.39 is 22.8 Å². The van der Waals surface area contributed by atoms with Gasteiger partial charge in [-0.3, -0.25) is 4.79 Å². The highest BCUT2D eigenvalue weighted by molar-refractivity contribution is 9.10. The maximum Gasteiger partial charge on any atom is 0.354 e. The van der Waals surface area contributed by atoms with Crippen LogP contribution in [0.5, 0.6) is 11.5 Å². The minimum atomic E-state index is -0.796. The van der Waals surface area contributed by atoms with Crippen LogP contribution < -0.4 is 11.2 Å². The lowest BCUT2D eigenvalue weighted by Crippen LogP contribution is -2.22. The van der Waals surface area contributed by atoms with Crippen LogP contribution in [-0.4, -0.2) is 14.8 Å². The van der Waals surface area contributed by atoms with Crippen LogP contribution in [0, 0.1) is 5.82 Å². The fourth-order valence-electron chi connectivity index (χ4n) is 3.73. The van der Waals surface area contributed by atoms with Gasteiger partial charge in [0.2, 0.25) is 0 Å². The van der Waals surface area contributed by atoms with E-state index in [1.165, 1.54) is 34.9 Å². The Morgan fingerprint density at radius 2 is 1.74 bits per heavy atom. The van der Waals surface area contributed by atoms with Crippen molar-refractivity contribution in [3.8, 4) is 11.5 Å². The molecule has 0 bridgehead atoms. The molecule has 3 aromatic carbocycles. The second-order valence-electron chi connectivity index (χ2n) is 7.52. The highest BCUT2D eigenvalue weighted by Gasteiger charge is 2.23. The molecular formula is C25H15BrFNO5S. The molecule has 0 radical (unpaired) electrons. The zero-order valence-electron chi connectivity index (χ0n) is 17.3. The van der Waals surface area contributed by atoms with Crippen molar-refractivity contribution in [2.75, 3.05) is 0 Å². The van der Waals surface area contributed by atoms with Crippen molar-refractivity contribution in [1.82, 2.24) is 4.57 Å². The molecule has 0 unspecified atom stereocenters. The van der Waals surface area contributed by atoms with Crippen LogP contribution in [-0.2, 0) is 6.54 Å². The van der Waals surface area contributed by atoms with Crippen molar-refractivity contribution in [1.29, 1.82) is 0 Å². The third-order valence-electron chi connectivity index (χ3n) is 5.34. The molecule has 0 amide bonds. The van der Waals surface area contributed by atoms with Crippen LogP contribution in [0.15, 0.2) is 95.0 Å². The molecule has 2 aromatic heterocycles. The number of hydrogen-bond donors (Lipinski definition) is 2. The Balaban J connectivity index is 1.80. The predicted octanol–water partition coefficient (Wildman–Crippen LogP) is 5.62. The van der Waals surface area contributed by atoms with Gasteiger partial charge in [-0.2, -0.15) is 0 Å². The van der Waals surface area contributed by atoms with E-state index in [2.05, 4.69) is 15.9 Å². The Bertz CT molecular complexity index is 1700. The average molecular weight is 540 g/mol. The monoisotopic (exact) mass is 539 g/mol. The summed E-state index contributed by atoms with van der Waals surface area (Å²) >= 11 is 4.39. The molecule has 5 aromatic rings. The molecule has 5 rings (SSSR count). The van der Waals surface area contributed by atoms with Gasteiger partial charge in [-0.15, -0.1) is 0 Å². The van der Waals surface area contributed by atoms with Gasteiger partial charge >= 0.3 is 5.63 Å². The van der Waals surface area contributed by atoms with Crippen molar-refractivity contribution in [2.24, 2.45) is 0 Å². The zero-order chi connectivity index (χ0) is 24.0. The maximum atomic E-state index is 13.6. The SMILES string of the molecule is O=c1oc2c(c(O)c1Sc1ccccc1Br)c(=O)n(Cc1ccc(F)cc1)c1cc(O)ccc21. The van der Waals surface area contributed by atoms with Gasteiger partial charge in [-0.25, -0.2) is 9.18 Å². The number of phenols is 1. The van der Waals surface area contributed by atoms with Crippen LogP contribution in [0.3, 0.4) is 0 Å². The number of hydrogen-bond acceptors (Lipinski definition) is 6. The first kappa shape index (κ1) is 22.2. The lowest BCUT2D eigenvalue weighted by molar-refractivity contribution is 0.446. The first-order chi connectivity index (χ1) is 16.3. The van der Waals surface area contributed by atoms with Crippen LogP contribution >= 0.6 is 27.7 Å². The van der Waals surface area contributed by atoms with Gasteiger partial charge in [0.25, 0.3) is 5.56 Å². The fraction of sp³-hybridized carbons (Fsp3) is 0.0400. The lowest BCUT2D eigenvalue weighted by Gasteiger charge is -2.14. The number of nitrogens with zero attached hydrogens (tertiary/aromatic N) is 1. The molecule has 0 saturated heterocycles. The highest BCUT2D eigenvalue weighted by atomic mass is 79.9. The predicted molar refractivity (Wildman–Crippen MR) is 131 cm³/mol. The van der Waals surface area contributed by atoms with Gasteiger partial charge in [0, 0.05) is 20.8 Å². The number of phenolic OH excluding ortho intramolecular Hbond substituents is 1. The Kier molecular flexibility index (Phi) is 5.66. The number of aromatic hydroxyl groups is 2. The summed E-state index contributed by atoms with van der Waals surface area (Å²) in [5, 5.41) is 21.3. The van der Waals surface area contributed by atoms with Crippen LogP contribution in [0.1, 0.15) is 5.56 Å². The van der Waals surface area contributed by atoms with E-state index in [0.29, 0.717) is 25.8 Å². The number of halogens is 2. The number of benzene rings is 3. The number of aromatic nitrogens is 1. The minimum absolute atomic E-state index is 0.0419. The number of pyridine rings is 1. The molecule has 2 N–H and O–H groups in total. The second kappa shape index (κ2) is 8.66. The van der Waals surface area contributed by atoms with E-state index in [-0.39, 0.29) is 28.2 Å². The summed E-state index contributed by atoms with van der Waals surface area (Å²) in [4.78, 5) is 27.0. The molecule has 2 heterocycles. The molecule has 0 aliphatic carbocycles. The smallest absolute Gasteiger partial charge is 0.354 e. The summed E-state index contributed by atoms with van der Waals surface area (Å²) in [6, 6.07) is 17.1. The van der Waals surface area contributed by atoms with Crippen LogP contribution in [0.2, 0.25) is 0 Å². The molecule has 0 fully saturated rings.